The lowest BCUT2D eigenvalue weighted by Crippen LogP contribution is -2.47. The molecular formula is C31H37N7O6S. The molecule has 0 radical (unpaired) electrons. The molecule has 3 heterocycles. The molecule has 2 N–H and O–H groups in total. The van der Waals surface area contributed by atoms with Gasteiger partial charge in [-0.3, -0.25) is 23.6 Å². The lowest BCUT2D eigenvalue weighted by Gasteiger charge is -2.23. The number of carbonyl (C=O) groups excluding carboxylic acids is 3. The summed E-state index contributed by atoms with van der Waals surface area (Å²) in [5, 5.41) is 14.3. The van der Waals surface area contributed by atoms with Gasteiger partial charge in [-0.05, 0) is 61.6 Å². The number of fused-ring (bicyclic) bond motifs is 5. The first kappa shape index (κ1) is 31.8. The van der Waals surface area contributed by atoms with Gasteiger partial charge < -0.3 is 24.7 Å². The summed E-state index contributed by atoms with van der Waals surface area (Å²) in [7, 11) is 0. The van der Waals surface area contributed by atoms with E-state index in [9.17, 15) is 19.2 Å². The van der Waals surface area contributed by atoms with Gasteiger partial charge in [0, 0.05) is 31.6 Å². The van der Waals surface area contributed by atoms with E-state index in [0.29, 0.717) is 66.3 Å². The molecule has 4 bridgehead atoms. The van der Waals surface area contributed by atoms with E-state index in [1.165, 1.54) is 4.57 Å². The Hall–Kier alpha value is -4.59. The van der Waals surface area contributed by atoms with Crippen LogP contribution < -0.4 is 21.1 Å². The number of thioether (sulfide) groups is 1. The molecule has 2 aromatic carbocycles. The standard InChI is InChI=1S/C31H37N7O6S/c1-21-9-10-23-17-24(21)29(40)33-25(11-16-45-2)30(41)32-12-5-13-36(18-22-19-37(35-34-22)14-6-15-43-23)28(39)20-38-26-7-3-4-8-27(26)44-31(38)42/h3-4,7-10,17,19,25H,5-6,11-16,18,20H2,1-2H3,(H,32,41)(H,33,40)/t25-/m0/s1. The maximum atomic E-state index is 13.6. The second-order valence-electron chi connectivity index (χ2n) is 10.8. The lowest BCUT2D eigenvalue weighted by molar-refractivity contribution is -0.132. The van der Waals surface area contributed by atoms with Crippen molar-refractivity contribution in [2.75, 3.05) is 31.7 Å². The van der Waals surface area contributed by atoms with Crippen LogP contribution in [-0.2, 0) is 29.2 Å². The third-order valence-corrected chi connectivity index (χ3v) is 8.19. The van der Waals surface area contributed by atoms with Crippen molar-refractivity contribution >= 4 is 40.6 Å². The monoisotopic (exact) mass is 635 g/mol. The Bertz CT molecular complexity index is 1710. The summed E-state index contributed by atoms with van der Waals surface area (Å²) in [5.74, 6) is -0.315. The van der Waals surface area contributed by atoms with Gasteiger partial charge in [-0.15, -0.1) is 5.10 Å². The van der Waals surface area contributed by atoms with Crippen molar-refractivity contribution in [2.24, 2.45) is 0 Å². The van der Waals surface area contributed by atoms with Crippen LogP contribution in [0.4, 0.5) is 0 Å². The van der Waals surface area contributed by atoms with Crippen LogP contribution in [0.3, 0.4) is 0 Å². The van der Waals surface area contributed by atoms with Gasteiger partial charge in [0.2, 0.25) is 11.8 Å². The second-order valence-corrected chi connectivity index (χ2v) is 11.8. The molecule has 3 amide bonds. The molecule has 2 aromatic heterocycles. The second kappa shape index (κ2) is 14.9. The first-order valence-electron chi connectivity index (χ1n) is 14.9. The third kappa shape index (κ3) is 8.12. The molecule has 1 aliphatic heterocycles. The summed E-state index contributed by atoms with van der Waals surface area (Å²) >= 11 is 1.59. The van der Waals surface area contributed by atoms with Crippen molar-refractivity contribution in [3.8, 4) is 5.75 Å². The summed E-state index contributed by atoms with van der Waals surface area (Å²) < 4.78 is 14.2. The number of nitrogens with one attached hydrogen (secondary N) is 2. The van der Waals surface area contributed by atoms with Gasteiger partial charge in [0.15, 0.2) is 5.58 Å². The van der Waals surface area contributed by atoms with Crippen molar-refractivity contribution in [1.82, 2.24) is 35.1 Å². The molecule has 0 spiro atoms. The predicted octanol–water partition coefficient (Wildman–Crippen LogP) is 2.36. The van der Waals surface area contributed by atoms with Gasteiger partial charge in [-0.1, -0.05) is 23.4 Å². The largest absolute Gasteiger partial charge is 0.494 e. The van der Waals surface area contributed by atoms with Crippen molar-refractivity contribution in [2.45, 2.75) is 51.9 Å². The van der Waals surface area contributed by atoms with E-state index in [-0.39, 0.29) is 43.9 Å². The maximum absolute atomic E-state index is 13.6. The molecule has 0 fully saturated rings. The molecule has 45 heavy (non-hydrogen) atoms. The fraction of sp³-hybridized carbons (Fsp3) is 0.419. The van der Waals surface area contributed by atoms with Gasteiger partial charge in [0.25, 0.3) is 5.91 Å². The number of hydrogen-bond acceptors (Lipinski definition) is 9. The quantitative estimate of drug-likeness (QED) is 0.337. The predicted molar refractivity (Wildman–Crippen MR) is 169 cm³/mol. The van der Waals surface area contributed by atoms with Crippen LogP contribution in [0.2, 0.25) is 0 Å². The fourth-order valence-electron chi connectivity index (χ4n) is 5.10. The number of benzene rings is 2. The number of rotatable bonds is 5. The number of para-hydroxylation sites is 2. The number of nitrogens with zero attached hydrogens (tertiary/aromatic N) is 5. The van der Waals surface area contributed by atoms with Crippen molar-refractivity contribution in [3.63, 3.8) is 0 Å². The zero-order chi connectivity index (χ0) is 31.8. The van der Waals surface area contributed by atoms with Crippen LogP contribution in [0.1, 0.15) is 40.9 Å². The highest BCUT2D eigenvalue weighted by Crippen LogP contribution is 2.19. The maximum Gasteiger partial charge on any atom is 0.420 e. The molecule has 13 nitrogen and oxygen atoms in total. The number of ether oxygens (including phenoxy) is 1. The summed E-state index contributed by atoms with van der Waals surface area (Å²) in [4.78, 5) is 54.2. The van der Waals surface area contributed by atoms with Crippen LogP contribution >= 0.6 is 11.8 Å². The Morgan fingerprint density at radius 3 is 2.80 bits per heavy atom. The van der Waals surface area contributed by atoms with Crippen molar-refractivity contribution < 1.29 is 23.5 Å². The van der Waals surface area contributed by atoms with Gasteiger partial charge in [-0.2, -0.15) is 11.8 Å². The molecule has 14 heteroatoms. The zero-order valence-corrected chi connectivity index (χ0v) is 26.2. The summed E-state index contributed by atoms with van der Waals surface area (Å²) in [6.07, 6.45) is 5.26. The SMILES string of the molecule is CSCC[C@@H]1NC(=O)c2cc(ccc2C)OCCCn2cc(nn2)CN(C(=O)Cn2c(=O)oc3ccccc32)CCCNC1=O. The zero-order valence-electron chi connectivity index (χ0n) is 25.4. The Morgan fingerprint density at radius 1 is 1.11 bits per heavy atom. The van der Waals surface area contributed by atoms with Gasteiger partial charge in [-0.25, -0.2) is 4.79 Å². The molecule has 0 saturated heterocycles. The highest BCUT2D eigenvalue weighted by molar-refractivity contribution is 7.98. The van der Waals surface area contributed by atoms with E-state index in [2.05, 4.69) is 20.9 Å². The Labute approximate surface area is 264 Å². The van der Waals surface area contributed by atoms with Gasteiger partial charge >= 0.3 is 5.76 Å². The van der Waals surface area contributed by atoms with Gasteiger partial charge in [0.05, 0.1) is 24.9 Å². The molecule has 0 unspecified atom stereocenters. The molecule has 1 atom stereocenters. The summed E-state index contributed by atoms with van der Waals surface area (Å²) in [6.45, 7) is 3.29. The van der Waals surface area contributed by atoms with E-state index in [0.717, 1.165) is 5.56 Å². The van der Waals surface area contributed by atoms with Gasteiger partial charge in [0.1, 0.15) is 24.0 Å². The molecule has 238 valence electrons. The Morgan fingerprint density at radius 2 is 1.96 bits per heavy atom. The highest BCUT2D eigenvalue weighted by atomic mass is 32.2. The minimum absolute atomic E-state index is 0.173. The van der Waals surface area contributed by atoms with E-state index in [4.69, 9.17) is 9.15 Å². The Balaban J connectivity index is 1.35. The van der Waals surface area contributed by atoms with E-state index < -0.39 is 11.8 Å². The van der Waals surface area contributed by atoms with Crippen LogP contribution in [0.5, 0.6) is 5.75 Å². The van der Waals surface area contributed by atoms with E-state index in [1.807, 2.05) is 25.3 Å². The lowest BCUT2D eigenvalue weighted by atomic mass is 10.1. The minimum Gasteiger partial charge on any atom is -0.494 e. The van der Waals surface area contributed by atoms with Crippen molar-refractivity contribution in [1.29, 1.82) is 0 Å². The topological polar surface area (TPSA) is 154 Å². The number of carbonyl (C=O) groups is 3. The number of amides is 3. The first-order valence-corrected chi connectivity index (χ1v) is 16.3. The molecule has 4 aromatic rings. The number of hydrogen-bond donors (Lipinski definition) is 2. The molecule has 1 aliphatic rings. The summed E-state index contributed by atoms with van der Waals surface area (Å²) in [6, 6.07) is 11.6. The van der Waals surface area contributed by atoms with E-state index in [1.54, 1.807) is 57.9 Å². The molecule has 5 rings (SSSR count). The first-order chi connectivity index (χ1) is 21.8. The minimum atomic E-state index is -0.728. The average molecular weight is 636 g/mol. The smallest absolute Gasteiger partial charge is 0.420 e. The molecular weight excluding hydrogens is 598 g/mol. The number of aromatic nitrogens is 4. The Kier molecular flexibility index (Phi) is 10.6. The van der Waals surface area contributed by atoms with E-state index >= 15 is 0 Å². The fourth-order valence-corrected chi connectivity index (χ4v) is 5.58. The average Bonchev–Trinajstić information content (AvgIpc) is 3.61. The van der Waals surface area contributed by atoms with Crippen LogP contribution in [0, 0.1) is 6.92 Å². The normalized spacial score (nSPS) is 16.9. The van der Waals surface area contributed by atoms with Crippen LogP contribution in [-0.4, -0.2) is 79.9 Å². The highest BCUT2D eigenvalue weighted by Gasteiger charge is 2.23. The number of aryl methyl sites for hydroxylation is 2. The third-order valence-electron chi connectivity index (χ3n) is 7.55. The van der Waals surface area contributed by atoms with Crippen LogP contribution in [0.15, 0.2) is 57.9 Å². The van der Waals surface area contributed by atoms with Crippen molar-refractivity contribution in [3.05, 3.63) is 76.0 Å². The molecule has 0 saturated carbocycles. The molecule has 0 aliphatic carbocycles. The number of oxazole rings is 1. The van der Waals surface area contributed by atoms with Crippen LogP contribution in [0.25, 0.3) is 11.1 Å². The summed E-state index contributed by atoms with van der Waals surface area (Å²) in [5.41, 5.74) is 2.75.